The minimum Gasteiger partial charge on any atom is -0.258 e. The molecule has 1 aliphatic carbocycles. The van der Waals surface area contributed by atoms with Crippen molar-refractivity contribution in [1.29, 1.82) is 0 Å². The van der Waals surface area contributed by atoms with Gasteiger partial charge in [0.25, 0.3) is 0 Å². The SMILES string of the molecule is Cc1ccc(-c2ccc(-c3nc(-c4ccccc4)nc(-c4c(C5=CCCC=C5)cc(-c5ccccc5)cc4-c4ccccc4)n3)cc2)c(C)n1. The summed E-state index contributed by atoms with van der Waals surface area (Å²) in [5.41, 5.74) is 13.9. The Balaban J connectivity index is 1.37. The Morgan fingerprint density at radius 2 is 0.960 bits per heavy atom. The number of pyridine rings is 1. The van der Waals surface area contributed by atoms with Crippen LogP contribution in [0.25, 0.3) is 73.1 Å². The van der Waals surface area contributed by atoms with E-state index in [-0.39, 0.29) is 0 Å². The minimum absolute atomic E-state index is 0.629. The van der Waals surface area contributed by atoms with Gasteiger partial charge in [-0.25, -0.2) is 15.0 Å². The highest BCUT2D eigenvalue weighted by Crippen LogP contribution is 2.42. The Morgan fingerprint density at radius 1 is 0.420 bits per heavy atom. The molecule has 0 saturated carbocycles. The smallest absolute Gasteiger partial charge is 0.165 e. The van der Waals surface area contributed by atoms with Crippen LogP contribution in [0.5, 0.6) is 0 Å². The van der Waals surface area contributed by atoms with E-state index in [1.54, 1.807) is 0 Å². The van der Waals surface area contributed by atoms with Gasteiger partial charge in [0.2, 0.25) is 0 Å². The number of aromatic nitrogens is 4. The van der Waals surface area contributed by atoms with Crippen LogP contribution in [0.3, 0.4) is 0 Å². The quantitative estimate of drug-likeness (QED) is 0.173. The summed E-state index contributed by atoms with van der Waals surface area (Å²) in [6.07, 6.45) is 8.86. The number of aryl methyl sites for hydroxylation is 2. The van der Waals surface area contributed by atoms with Gasteiger partial charge in [0.1, 0.15) is 0 Å². The van der Waals surface area contributed by atoms with Crippen LogP contribution < -0.4 is 0 Å². The molecule has 0 radical (unpaired) electrons. The molecule has 0 spiro atoms. The van der Waals surface area contributed by atoms with Crippen molar-refractivity contribution in [3.63, 3.8) is 0 Å². The lowest BCUT2D eigenvalue weighted by Gasteiger charge is -2.20. The summed E-state index contributed by atoms with van der Waals surface area (Å²) in [5.74, 6) is 1.91. The Labute approximate surface area is 293 Å². The summed E-state index contributed by atoms with van der Waals surface area (Å²) in [5, 5.41) is 0. The molecule has 50 heavy (non-hydrogen) atoms. The highest BCUT2D eigenvalue weighted by molar-refractivity contribution is 5.96. The van der Waals surface area contributed by atoms with Gasteiger partial charge < -0.3 is 0 Å². The molecule has 240 valence electrons. The van der Waals surface area contributed by atoms with Gasteiger partial charge >= 0.3 is 0 Å². The molecule has 4 heteroatoms. The number of allylic oxidation sites excluding steroid dienone is 4. The molecule has 2 heterocycles. The molecule has 0 unspecified atom stereocenters. The number of rotatable bonds is 7. The Kier molecular flexibility index (Phi) is 8.50. The summed E-state index contributed by atoms with van der Waals surface area (Å²) < 4.78 is 0. The average Bonchev–Trinajstić information content (AvgIpc) is 3.19. The maximum atomic E-state index is 5.29. The first-order chi connectivity index (χ1) is 24.6. The summed E-state index contributed by atoms with van der Waals surface area (Å²) in [6, 6.07) is 48.6. The van der Waals surface area contributed by atoms with Gasteiger partial charge in [-0.15, -0.1) is 0 Å². The third-order valence-electron chi connectivity index (χ3n) is 9.21. The maximum Gasteiger partial charge on any atom is 0.165 e. The zero-order chi connectivity index (χ0) is 33.9. The number of nitrogens with zero attached hydrogens (tertiary/aromatic N) is 4. The van der Waals surface area contributed by atoms with E-state index < -0.39 is 0 Å². The molecule has 0 fully saturated rings. The molecule has 0 N–H and O–H groups in total. The number of hydrogen-bond acceptors (Lipinski definition) is 4. The molecule has 2 aromatic heterocycles. The minimum atomic E-state index is 0.629. The number of benzene rings is 5. The van der Waals surface area contributed by atoms with E-state index in [1.807, 2.05) is 25.1 Å². The van der Waals surface area contributed by atoms with Crippen LogP contribution in [0.1, 0.15) is 29.8 Å². The third-order valence-corrected chi connectivity index (χ3v) is 9.21. The van der Waals surface area contributed by atoms with Crippen molar-refractivity contribution >= 4 is 5.57 Å². The van der Waals surface area contributed by atoms with E-state index in [4.69, 9.17) is 15.0 Å². The number of hydrogen-bond donors (Lipinski definition) is 0. The van der Waals surface area contributed by atoms with E-state index in [0.29, 0.717) is 17.5 Å². The monoisotopic (exact) mass is 644 g/mol. The fourth-order valence-corrected chi connectivity index (χ4v) is 6.69. The van der Waals surface area contributed by atoms with Gasteiger partial charge in [0.15, 0.2) is 17.5 Å². The molecule has 0 bridgehead atoms. The summed E-state index contributed by atoms with van der Waals surface area (Å²) >= 11 is 0. The van der Waals surface area contributed by atoms with Crippen LogP contribution in [0, 0.1) is 13.8 Å². The lowest BCUT2D eigenvalue weighted by atomic mass is 9.86. The fourth-order valence-electron chi connectivity index (χ4n) is 6.69. The third kappa shape index (κ3) is 6.31. The molecule has 0 saturated heterocycles. The molecule has 1 aliphatic rings. The van der Waals surface area contributed by atoms with Crippen molar-refractivity contribution < 1.29 is 0 Å². The van der Waals surface area contributed by atoms with Crippen molar-refractivity contribution in [2.45, 2.75) is 26.7 Å². The van der Waals surface area contributed by atoms with Gasteiger partial charge in [-0.2, -0.15) is 0 Å². The molecule has 0 aliphatic heterocycles. The van der Waals surface area contributed by atoms with Crippen LogP contribution in [0.15, 0.2) is 158 Å². The highest BCUT2D eigenvalue weighted by Gasteiger charge is 2.22. The predicted molar refractivity (Wildman–Crippen MR) is 206 cm³/mol. The molecule has 5 aromatic carbocycles. The zero-order valence-corrected chi connectivity index (χ0v) is 28.2. The lowest BCUT2D eigenvalue weighted by Crippen LogP contribution is -2.04. The van der Waals surface area contributed by atoms with Gasteiger partial charge in [0, 0.05) is 33.6 Å². The molecule has 7 aromatic rings. The second-order valence-electron chi connectivity index (χ2n) is 12.7. The fraction of sp³-hybridized carbons (Fsp3) is 0.0870. The van der Waals surface area contributed by atoms with Gasteiger partial charge in [-0.1, -0.05) is 140 Å². The Bertz CT molecular complexity index is 2360. The normalized spacial score (nSPS) is 12.5. The van der Waals surface area contributed by atoms with E-state index in [1.165, 1.54) is 11.1 Å². The summed E-state index contributed by atoms with van der Waals surface area (Å²) in [4.78, 5) is 20.3. The van der Waals surface area contributed by atoms with Crippen LogP contribution >= 0.6 is 0 Å². The van der Waals surface area contributed by atoms with Crippen molar-refractivity contribution in [1.82, 2.24) is 19.9 Å². The molecule has 0 atom stereocenters. The summed E-state index contributed by atoms with van der Waals surface area (Å²) in [7, 11) is 0. The summed E-state index contributed by atoms with van der Waals surface area (Å²) in [6.45, 7) is 4.08. The van der Waals surface area contributed by atoms with Crippen molar-refractivity contribution in [3.8, 4) is 67.5 Å². The average molecular weight is 645 g/mol. The Morgan fingerprint density at radius 3 is 1.58 bits per heavy atom. The lowest BCUT2D eigenvalue weighted by molar-refractivity contribution is 1.04. The highest BCUT2D eigenvalue weighted by atomic mass is 15.0. The van der Waals surface area contributed by atoms with Crippen molar-refractivity contribution in [2.24, 2.45) is 0 Å². The van der Waals surface area contributed by atoms with Gasteiger partial charge in [-0.3, -0.25) is 4.98 Å². The Hall–Kier alpha value is -6.26. The molecular weight excluding hydrogens is 609 g/mol. The van der Waals surface area contributed by atoms with Crippen LogP contribution in [-0.2, 0) is 0 Å². The first-order valence-corrected chi connectivity index (χ1v) is 17.1. The topological polar surface area (TPSA) is 51.6 Å². The standard InChI is InChI=1S/C46H36N4/c1-31-23-28-40(32(2)47-31)36-24-26-38(27-25-36)45-48-44(37-21-13-6-14-22-37)49-46(50-45)43-41(34-17-9-4-10-18-34)29-39(33-15-7-3-8-16-33)30-42(43)35-19-11-5-12-20-35/h3-4,6-11,13-30H,5,12H2,1-2H3. The van der Waals surface area contributed by atoms with E-state index in [9.17, 15) is 0 Å². The van der Waals surface area contributed by atoms with E-state index in [2.05, 4.69) is 151 Å². The van der Waals surface area contributed by atoms with Crippen molar-refractivity contribution in [2.75, 3.05) is 0 Å². The molecule has 4 nitrogen and oxygen atoms in total. The maximum absolute atomic E-state index is 5.29. The van der Waals surface area contributed by atoms with Crippen LogP contribution in [0.4, 0.5) is 0 Å². The van der Waals surface area contributed by atoms with Crippen LogP contribution in [0.2, 0.25) is 0 Å². The zero-order valence-electron chi connectivity index (χ0n) is 28.2. The van der Waals surface area contributed by atoms with Crippen LogP contribution in [-0.4, -0.2) is 19.9 Å². The molecule has 8 rings (SSSR count). The molecular formula is C46H36N4. The van der Waals surface area contributed by atoms with Gasteiger partial charge in [0.05, 0.1) is 0 Å². The predicted octanol–water partition coefficient (Wildman–Crippen LogP) is 11.6. The van der Waals surface area contributed by atoms with Crippen molar-refractivity contribution in [3.05, 3.63) is 175 Å². The molecule has 0 amide bonds. The van der Waals surface area contributed by atoms with E-state index in [0.717, 1.165) is 74.3 Å². The first-order valence-electron chi connectivity index (χ1n) is 17.1. The van der Waals surface area contributed by atoms with Gasteiger partial charge in [-0.05, 0) is 83.8 Å². The second-order valence-corrected chi connectivity index (χ2v) is 12.7. The van der Waals surface area contributed by atoms with E-state index >= 15 is 0 Å². The second kappa shape index (κ2) is 13.7. The largest absolute Gasteiger partial charge is 0.258 e. The first kappa shape index (κ1) is 31.0.